The van der Waals surface area contributed by atoms with Crippen LogP contribution in [0.1, 0.15) is 32.1 Å². The maximum absolute atomic E-state index is 11.0. The van der Waals surface area contributed by atoms with Crippen LogP contribution in [0.5, 0.6) is 0 Å². The van der Waals surface area contributed by atoms with Crippen molar-refractivity contribution in [2.45, 2.75) is 43.7 Å². The fraction of sp³-hybridized carbons (Fsp3) is 0.833. The van der Waals surface area contributed by atoms with Crippen LogP contribution < -0.4 is 5.73 Å². The lowest BCUT2D eigenvalue weighted by atomic mass is 9.73. The number of aliphatic carboxylic acids is 1. The molecule has 3 N–H and O–H groups in total. The number of amides is 1. The molecule has 102 valence electrons. The second-order valence-corrected chi connectivity index (χ2v) is 5.30. The van der Waals surface area contributed by atoms with Gasteiger partial charge in [0.25, 0.3) is 0 Å². The molecule has 1 amide bonds. The first-order chi connectivity index (χ1) is 8.51. The van der Waals surface area contributed by atoms with Crippen LogP contribution in [0.2, 0.25) is 0 Å². The fourth-order valence-corrected chi connectivity index (χ4v) is 2.92. The molecule has 0 aromatic carbocycles. The van der Waals surface area contributed by atoms with Crippen molar-refractivity contribution >= 4 is 11.9 Å². The largest absolute Gasteiger partial charge is 0.480 e. The Morgan fingerprint density at radius 2 is 2.11 bits per heavy atom. The van der Waals surface area contributed by atoms with E-state index in [-0.39, 0.29) is 24.7 Å². The molecule has 2 rings (SSSR count). The lowest BCUT2D eigenvalue weighted by molar-refractivity contribution is -0.156. The number of nitrogens with zero attached hydrogens (tertiary/aromatic N) is 1. The van der Waals surface area contributed by atoms with E-state index in [4.69, 9.17) is 15.6 Å². The van der Waals surface area contributed by atoms with E-state index in [1.165, 1.54) is 6.42 Å². The van der Waals surface area contributed by atoms with Crippen LogP contribution in [0, 0.1) is 0 Å². The Morgan fingerprint density at radius 1 is 1.39 bits per heavy atom. The molecule has 1 spiro atoms. The van der Waals surface area contributed by atoms with Crippen LogP contribution in [0.3, 0.4) is 0 Å². The van der Waals surface area contributed by atoms with Gasteiger partial charge in [0.15, 0.2) is 0 Å². The molecule has 0 bridgehead atoms. The molecule has 0 aromatic rings. The van der Waals surface area contributed by atoms with Gasteiger partial charge in [-0.1, -0.05) is 0 Å². The standard InChI is InChI=1S/C12H20N2O4/c13-10(15)7-14(8-11(16)17)9-2-5-18-12(6-9)3-1-4-12/h9H,1-8H2,(H2,13,15)(H,16,17). The summed E-state index contributed by atoms with van der Waals surface area (Å²) < 4.78 is 5.80. The van der Waals surface area contributed by atoms with Crippen molar-refractivity contribution in [3.63, 3.8) is 0 Å². The second-order valence-electron chi connectivity index (χ2n) is 5.30. The number of carbonyl (C=O) groups excluding carboxylic acids is 1. The van der Waals surface area contributed by atoms with Crippen molar-refractivity contribution in [3.05, 3.63) is 0 Å². The molecule has 2 aliphatic rings. The third kappa shape index (κ3) is 3.00. The zero-order valence-electron chi connectivity index (χ0n) is 10.4. The summed E-state index contributed by atoms with van der Waals surface area (Å²) in [6, 6.07) is 0.0858. The van der Waals surface area contributed by atoms with Gasteiger partial charge in [-0.25, -0.2) is 0 Å². The first-order valence-corrected chi connectivity index (χ1v) is 6.39. The second kappa shape index (κ2) is 5.24. The molecule has 6 nitrogen and oxygen atoms in total. The Morgan fingerprint density at radius 3 is 2.61 bits per heavy atom. The molecule has 18 heavy (non-hydrogen) atoms. The number of carboxylic acid groups (broad SMARTS) is 1. The minimum absolute atomic E-state index is 0.00699. The average Bonchev–Trinajstić information content (AvgIpc) is 2.25. The van der Waals surface area contributed by atoms with E-state index >= 15 is 0 Å². The predicted molar refractivity (Wildman–Crippen MR) is 64.0 cm³/mol. The lowest BCUT2D eigenvalue weighted by Crippen LogP contribution is -2.54. The summed E-state index contributed by atoms with van der Waals surface area (Å²) in [5.41, 5.74) is 5.13. The zero-order chi connectivity index (χ0) is 13.2. The average molecular weight is 256 g/mol. The van der Waals surface area contributed by atoms with Gasteiger partial charge in [-0.3, -0.25) is 14.5 Å². The van der Waals surface area contributed by atoms with Crippen molar-refractivity contribution in [2.75, 3.05) is 19.7 Å². The van der Waals surface area contributed by atoms with E-state index in [0.717, 1.165) is 25.7 Å². The van der Waals surface area contributed by atoms with E-state index in [2.05, 4.69) is 0 Å². The number of carboxylic acids is 1. The van der Waals surface area contributed by atoms with E-state index in [0.29, 0.717) is 6.61 Å². The van der Waals surface area contributed by atoms with Gasteiger partial charge < -0.3 is 15.6 Å². The number of hydrogen-bond donors (Lipinski definition) is 2. The SMILES string of the molecule is NC(=O)CN(CC(=O)O)C1CCOC2(CCC2)C1. The third-order valence-corrected chi connectivity index (χ3v) is 3.95. The molecule has 2 fully saturated rings. The van der Waals surface area contributed by atoms with Crippen molar-refractivity contribution in [1.82, 2.24) is 4.90 Å². The van der Waals surface area contributed by atoms with Crippen LogP contribution >= 0.6 is 0 Å². The molecule has 1 saturated carbocycles. The van der Waals surface area contributed by atoms with Crippen molar-refractivity contribution in [1.29, 1.82) is 0 Å². The summed E-state index contributed by atoms with van der Waals surface area (Å²) in [7, 11) is 0. The number of nitrogens with two attached hydrogens (primary N) is 1. The maximum Gasteiger partial charge on any atom is 0.317 e. The summed E-state index contributed by atoms with van der Waals surface area (Å²) in [5.74, 6) is -1.41. The highest BCUT2D eigenvalue weighted by molar-refractivity contribution is 5.77. The number of rotatable bonds is 5. The maximum atomic E-state index is 11.0. The van der Waals surface area contributed by atoms with Gasteiger partial charge in [0.05, 0.1) is 18.7 Å². The third-order valence-electron chi connectivity index (χ3n) is 3.95. The van der Waals surface area contributed by atoms with E-state index in [9.17, 15) is 9.59 Å². The van der Waals surface area contributed by atoms with E-state index in [1.54, 1.807) is 4.90 Å². The molecule has 1 aliphatic carbocycles. The van der Waals surface area contributed by atoms with E-state index in [1.807, 2.05) is 0 Å². The number of ether oxygens (including phenoxy) is 1. The molecule has 1 atom stereocenters. The van der Waals surface area contributed by atoms with Gasteiger partial charge >= 0.3 is 5.97 Å². The summed E-state index contributed by atoms with van der Waals surface area (Å²) in [5, 5.41) is 8.90. The Bertz CT molecular complexity index is 325. The molecule has 1 heterocycles. The molecule has 1 saturated heterocycles. The first kappa shape index (κ1) is 13.3. The van der Waals surface area contributed by atoms with Crippen LogP contribution in [-0.2, 0) is 14.3 Å². The minimum atomic E-state index is -0.926. The predicted octanol–water partition coefficient (Wildman–Crippen LogP) is -0.0400. The van der Waals surface area contributed by atoms with Crippen molar-refractivity contribution in [2.24, 2.45) is 5.73 Å². The smallest absolute Gasteiger partial charge is 0.317 e. The van der Waals surface area contributed by atoms with Crippen molar-refractivity contribution < 1.29 is 19.4 Å². The van der Waals surface area contributed by atoms with Gasteiger partial charge in [0, 0.05) is 12.6 Å². The molecule has 0 aromatic heterocycles. The number of carbonyl (C=O) groups is 2. The highest BCUT2D eigenvalue weighted by Crippen LogP contribution is 2.43. The molecule has 0 radical (unpaired) electrons. The monoisotopic (exact) mass is 256 g/mol. The van der Waals surface area contributed by atoms with Crippen LogP contribution in [-0.4, -0.2) is 53.2 Å². The minimum Gasteiger partial charge on any atom is -0.480 e. The number of hydrogen-bond acceptors (Lipinski definition) is 4. The summed E-state index contributed by atoms with van der Waals surface area (Å²) in [4.78, 5) is 23.6. The topological polar surface area (TPSA) is 92.9 Å². The Hall–Kier alpha value is -1.14. The lowest BCUT2D eigenvalue weighted by Gasteiger charge is -2.49. The molecular weight excluding hydrogens is 236 g/mol. The molecule has 1 aliphatic heterocycles. The van der Waals surface area contributed by atoms with Crippen LogP contribution in [0.4, 0.5) is 0 Å². The van der Waals surface area contributed by atoms with Gasteiger partial charge in [0.2, 0.25) is 5.91 Å². The van der Waals surface area contributed by atoms with Crippen LogP contribution in [0.15, 0.2) is 0 Å². The summed E-state index contributed by atoms with van der Waals surface area (Å²) >= 11 is 0. The Balaban J connectivity index is 1.99. The summed E-state index contributed by atoms with van der Waals surface area (Å²) in [6.45, 7) is 0.510. The zero-order valence-corrected chi connectivity index (χ0v) is 10.4. The van der Waals surface area contributed by atoms with Gasteiger partial charge in [-0.15, -0.1) is 0 Å². The molecule has 6 heteroatoms. The quantitative estimate of drug-likeness (QED) is 0.720. The Kier molecular flexibility index (Phi) is 3.87. The summed E-state index contributed by atoms with van der Waals surface area (Å²) in [6.07, 6.45) is 4.83. The highest BCUT2D eigenvalue weighted by atomic mass is 16.5. The van der Waals surface area contributed by atoms with Gasteiger partial charge in [-0.05, 0) is 32.1 Å². The van der Waals surface area contributed by atoms with Gasteiger partial charge in [0.1, 0.15) is 0 Å². The highest BCUT2D eigenvalue weighted by Gasteiger charge is 2.44. The number of primary amides is 1. The van der Waals surface area contributed by atoms with E-state index < -0.39 is 11.9 Å². The normalized spacial score (nSPS) is 25.9. The van der Waals surface area contributed by atoms with Crippen LogP contribution in [0.25, 0.3) is 0 Å². The Labute approximate surface area is 106 Å². The molecular formula is C12H20N2O4. The fourth-order valence-electron chi connectivity index (χ4n) is 2.92. The first-order valence-electron chi connectivity index (χ1n) is 6.39. The van der Waals surface area contributed by atoms with Crippen molar-refractivity contribution in [3.8, 4) is 0 Å². The molecule has 1 unspecified atom stereocenters. The van der Waals surface area contributed by atoms with Gasteiger partial charge in [-0.2, -0.15) is 0 Å².